The molecular formula is C38H68BrNO3. The average molecular weight is 667 g/mol. The highest BCUT2D eigenvalue weighted by atomic mass is 79.9. The molecule has 0 aromatic heterocycles. The number of rotatable bonds is 8. The number of esters is 1. The highest BCUT2D eigenvalue weighted by Gasteiger charge is 2.72. The number of quaternary nitrogens is 1. The zero-order chi connectivity index (χ0) is 30.9. The molecule has 0 heterocycles. The van der Waals surface area contributed by atoms with Crippen molar-refractivity contribution in [3.63, 3.8) is 0 Å². The Morgan fingerprint density at radius 2 is 1.47 bits per heavy atom. The molecule has 10 atom stereocenters. The van der Waals surface area contributed by atoms with Gasteiger partial charge < -0.3 is 31.3 Å². The number of aliphatic hydroxyl groups is 1. The molecule has 0 amide bonds. The Morgan fingerprint density at radius 1 is 0.814 bits per heavy atom. The fourth-order valence-electron chi connectivity index (χ4n) is 13.4. The highest BCUT2D eigenvalue weighted by Crippen LogP contribution is 2.77. The van der Waals surface area contributed by atoms with E-state index in [0.717, 1.165) is 49.9 Å². The number of halogens is 1. The van der Waals surface area contributed by atoms with Gasteiger partial charge in [0.2, 0.25) is 0 Å². The van der Waals surface area contributed by atoms with Crippen LogP contribution in [0, 0.1) is 62.6 Å². The summed E-state index contributed by atoms with van der Waals surface area (Å²) in [5.74, 6) is 3.75. The minimum Gasteiger partial charge on any atom is -1.00 e. The third kappa shape index (κ3) is 5.04. The monoisotopic (exact) mass is 665 g/mol. The van der Waals surface area contributed by atoms with E-state index in [1.165, 1.54) is 44.9 Å². The van der Waals surface area contributed by atoms with Gasteiger partial charge in [0.15, 0.2) is 0 Å². The molecule has 0 bridgehead atoms. The Kier molecular flexibility index (Phi) is 10.1. The molecule has 5 rings (SSSR count). The van der Waals surface area contributed by atoms with Gasteiger partial charge in [-0.2, -0.15) is 0 Å². The molecule has 5 heteroatoms. The first-order valence-corrected chi connectivity index (χ1v) is 18.3. The summed E-state index contributed by atoms with van der Waals surface area (Å²) in [6.45, 7) is 29.2. The number of carbonyl (C=O) groups is 1. The quantitative estimate of drug-likeness (QED) is 0.275. The predicted molar refractivity (Wildman–Crippen MR) is 173 cm³/mol. The standard InChI is InChI=1S/C38H68NO3.BrH/c1-11-39(12-2,13-3)24-25-42-33(41)38-21-16-27(26(4)5)32(38)28-14-15-30-35(8)19-18-31(40)34(6,7)29(35)17-20-37(30,10)36(28,9)22-23-38;/h26-32,40H,11-25H2,1-10H3;1H/q+1;/p-1/t27-,28?,29?,30?,31-,32+,35-,36+,37+,38-;/m0./s1. The summed E-state index contributed by atoms with van der Waals surface area (Å²) in [6, 6.07) is 0. The fourth-order valence-corrected chi connectivity index (χ4v) is 13.4. The van der Waals surface area contributed by atoms with Crippen molar-refractivity contribution in [3.8, 4) is 0 Å². The van der Waals surface area contributed by atoms with Gasteiger partial charge >= 0.3 is 5.97 Å². The second kappa shape index (κ2) is 12.1. The van der Waals surface area contributed by atoms with E-state index in [2.05, 4.69) is 69.2 Å². The summed E-state index contributed by atoms with van der Waals surface area (Å²) in [5, 5.41) is 11.1. The van der Waals surface area contributed by atoms with Crippen molar-refractivity contribution in [2.24, 2.45) is 62.6 Å². The van der Waals surface area contributed by atoms with Gasteiger partial charge in [0.1, 0.15) is 13.2 Å². The average Bonchev–Trinajstić information content (AvgIpc) is 3.35. The van der Waals surface area contributed by atoms with Gasteiger partial charge in [-0.15, -0.1) is 0 Å². The van der Waals surface area contributed by atoms with Crippen LogP contribution >= 0.6 is 0 Å². The minimum absolute atomic E-state index is 0. The lowest BCUT2D eigenvalue weighted by molar-refractivity contribution is -0.923. The van der Waals surface area contributed by atoms with Crippen LogP contribution in [0.2, 0.25) is 0 Å². The van der Waals surface area contributed by atoms with E-state index in [4.69, 9.17) is 4.74 Å². The number of ether oxygens (including phenoxy) is 1. The number of carbonyl (C=O) groups excluding carboxylic acids is 1. The van der Waals surface area contributed by atoms with Gasteiger partial charge in [-0.05, 0) is 142 Å². The Labute approximate surface area is 276 Å². The van der Waals surface area contributed by atoms with Crippen molar-refractivity contribution < 1.29 is 36.1 Å². The lowest BCUT2D eigenvalue weighted by atomic mass is 9.32. The Morgan fingerprint density at radius 3 is 2.07 bits per heavy atom. The maximum absolute atomic E-state index is 14.4. The van der Waals surface area contributed by atoms with Gasteiger partial charge in [0, 0.05) is 0 Å². The summed E-state index contributed by atoms with van der Waals surface area (Å²) in [4.78, 5) is 14.4. The van der Waals surface area contributed by atoms with Gasteiger partial charge in [0.25, 0.3) is 0 Å². The number of likely N-dealkylation sites (N-methyl/N-ethyl adjacent to an activating group) is 1. The summed E-state index contributed by atoms with van der Waals surface area (Å²) in [6.07, 6.45) is 11.5. The van der Waals surface area contributed by atoms with Crippen LogP contribution in [-0.2, 0) is 9.53 Å². The molecule has 1 N–H and O–H groups in total. The topological polar surface area (TPSA) is 46.5 Å². The van der Waals surface area contributed by atoms with E-state index in [0.29, 0.717) is 52.9 Å². The van der Waals surface area contributed by atoms with Crippen LogP contribution in [0.1, 0.15) is 133 Å². The van der Waals surface area contributed by atoms with Gasteiger partial charge in [0.05, 0.1) is 31.2 Å². The minimum atomic E-state index is -0.277. The summed E-state index contributed by atoms with van der Waals surface area (Å²) < 4.78 is 7.40. The number of aliphatic hydroxyl groups excluding tert-OH is 1. The van der Waals surface area contributed by atoms with Crippen LogP contribution in [-0.4, -0.2) is 54.4 Å². The molecule has 43 heavy (non-hydrogen) atoms. The van der Waals surface area contributed by atoms with E-state index in [1.54, 1.807) is 0 Å². The molecular weight excluding hydrogens is 598 g/mol. The highest BCUT2D eigenvalue weighted by molar-refractivity contribution is 5.78. The van der Waals surface area contributed by atoms with E-state index >= 15 is 0 Å². The SMILES string of the molecule is CC[N+](CC)(CC)CCOC(=O)[C@]12CC[C@@H](C(C)C)[C@@H]1C1CCC3[C@@]4(C)CC[C@H](O)C(C)(C)C4CC[C@@]3(C)[C@]1(C)CC2.[Br-]. The number of hydrogen-bond donors (Lipinski definition) is 1. The van der Waals surface area contributed by atoms with E-state index in [9.17, 15) is 9.90 Å². The van der Waals surface area contributed by atoms with Crippen molar-refractivity contribution in [2.75, 3.05) is 32.8 Å². The van der Waals surface area contributed by atoms with Crippen molar-refractivity contribution >= 4 is 5.97 Å². The fraction of sp³-hybridized carbons (Fsp3) is 0.974. The first kappa shape index (κ1) is 35.7. The van der Waals surface area contributed by atoms with Crippen molar-refractivity contribution in [3.05, 3.63) is 0 Å². The molecule has 0 saturated heterocycles. The normalized spacial score (nSPS) is 45.3. The molecule has 5 saturated carbocycles. The molecule has 0 aromatic rings. The van der Waals surface area contributed by atoms with Crippen LogP contribution in [0.5, 0.6) is 0 Å². The number of nitrogens with zero attached hydrogens (tertiary/aromatic N) is 1. The molecule has 0 aliphatic heterocycles. The lowest BCUT2D eigenvalue weighted by Gasteiger charge is -2.72. The van der Waals surface area contributed by atoms with Crippen molar-refractivity contribution in [1.82, 2.24) is 0 Å². The Bertz CT molecular complexity index is 1000. The van der Waals surface area contributed by atoms with E-state index in [1.807, 2.05) is 0 Å². The predicted octanol–water partition coefficient (Wildman–Crippen LogP) is 5.51. The summed E-state index contributed by atoms with van der Waals surface area (Å²) in [5.41, 5.74) is 0.567. The molecule has 4 nitrogen and oxygen atoms in total. The molecule has 5 aliphatic rings. The lowest BCUT2D eigenvalue weighted by Crippen LogP contribution is -3.00. The largest absolute Gasteiger partial charge is 1.00 e. The smallest absolute Gasteiger partial charge is 0.312 e. The third-order valence-corrected chi connectivity index (χ3v) is 16.5. The molecule has 0 aromatic carbocycles. The number of fused-ring (bicyclic) bond motifs is 7. The Hall–Kier alpha value is -0.130. The van der Waals surface area contributed by atoms with Crippen molar-refractivity contribution in [2.45, 2.75) is 140 Å². The molecule has 250 valence electrons. The molecule has 5 aliphatic carbocycles. The first-order valence-electron chi connectivity index (χ1n) is 18.3. The molecule has 5 fully saturated rings. The number of hydrogen-bond acceptors (Lipinski definition) is 3. The second-order valence-electron chi connectivity index (χ2n) is 17.8. The second-order valence-corrected chi connectivity index (χ2v) is 17.8. The van der Waals surface area contributed by atoms with Crippen molar-refractivity contribution in [1.29, 1.82) is 0 Å². The molecule has 3 unspecified atom stereocenters. The zero-order valence-corrected chi connectivity index (χ0v) is 31.3. The summed E-state index contributed by atoms with van der Waals surface area (Å²) in [7, 11) is 0. The third-order valence-electron chi connectivity index (χ3n) is 16.5. The van der Waals surface area contributed by atoms with Crippen LogP contribution in [0.25, 0.3) is 0 Å². The van der Waals surface area contributed by atoms with Crippen LogP contribution in [0.15, 0.2) is 0 Å². The summed E-state index contributed by atoms with van der Waals surface area (Å²) >= 11 is 0. The molecule has 0 spiro atoms. The van der Waals surface area contributed by atoms with Gasteiger partial charge in [-0.1, -0.05) is 48.5 Å². The van der Waals surface area contributed by atoms with Gasteiger partial charge in [-0.25, -0.2) is 0 Å². The van der Waals surface area contributed by atoms with E-state index in [-0.39, 0.29) is 45.3 Å². The molecule has 0 radical (unpaired) electrons. The van der Waals surface area contributed by atoms with Crippen LogP contribution in [0.3, 0.4) is 0 Å². The first-order chi connectivity index (χ1) is 19.6. The van der Waals surface area contributed by atoms with Crippen LogP contribution < -0.4 is 17.0 Å². The maximum Gasteiger partial charge on any atom is 0.312 e. The van der Waals surface area contributed by atoms with Gasteiger partial charge in [-0.3, -0.25) is 4.79 Å². The van der Waals surface area contributed by atoms with E-state index < -0.39 is 0 Å². The Balaban J connectivity index is 0.00000423. The zero-order valence-electron chi connectivity index (χ0n) is 29.7. The van der Waals surface area contributed by atoms with Crippen LogP contribution in [0.4, 0.5) is 0 Å². The maximum atomic E-state index is 14.4.